The van der Waals surface area contributed by atoms with Crippen LogP contribution >= 0.6 is 0 Å². The number of methoxy groups -OCH3 is 2. The molecular formula is C59H99N9O14. The number of hydrogen-bond donors (Lipinski definition) is 7. The van der Waals surface area contributed by atoms with Gasteiger partial charge in [-0.1, -0.05) is 106 Å². The van der Waals surface area contributed by atoms with Gasteiger partial charge in [-0.2, -0.15) is 0 Å². The molecule has 1 aromatic rings. The maximum atomic E-state index is 14.5. The van der Waals surface area contributed by atoms with E-state index < -0.39 is 101 Å². The molecule has 8 amide bonds. The van der Waals surface area contributed by atoms with Crippen LogP contribution in [-0.2, 0) is 68.6 Å². The number of benzene rings is 1. The molecule has 11 atom stereocenters. The van der Waals surface area contributed by atoms with Gasteiger partial charge in [0.25, 0.3) is 0 Å². The van der Waals surface area contributed by atoms with Crippen molar-refractivity contribution in [2.45, 2.75) is 188 Å². The number of hydrogen-bond acceptors (Lipinski definition) is 14. The van der Waals surface area contributed by atoms with Gasteiger partial charge in [-0.3, -0.25) is 43.3 Å². The van der Waals surface area contributed by atoms with E-state index in [0.717, 1.165) is 5.56 Å². The lowest BCUT2D eigenvalue weighted by Gasteiger charge is -2.41. The number of esters is 1. The summed E-state index contributed by atoms with van der Waals surface area (Å²) < 4.78 is 17.4. The van der Waals surface area contributed by atoms with Crippen LogP contribution in [0.25, 0.3) is 0 Å². The molecule has 1 heterocycles. The summed E-state index contributed by atoms with van der Waals surface area (Å²) in [6.45, 7) is 20.3. The number of aliphatic carboxylic acids is 1. The Morgan fingerprint density at radius 2 is 1.39 bits per heavy atom. The second-order valence-corrected chi connectivity index (χ2v) is 23.6. The third kappa shape index (κ3) is 22.9. The summed E-state index contributed by atoms with van der Waals surface area (Å²) in [6, 6.07) is 3.31. The number of ether oxygens (including phenoxy) is 3. The fourth-order valence-corrected chi connectivity index (χ4v) is 10.2. The molecule has 1 aromatic carbocycles. The number of amides is 8. The molecule has 1 aliphatic heterocycles. The Hall–Kier alpha value is -6.20. The number of rotatable bonds is 35. The molecule has 1 aliphatic rings. The van der Waals surface area contributed by atoms with Gasteiger partial charge >= 0.3 is 11.9 Å². The highest BCUT2D eigenvalue weighted by atomic mass is 16.5. The minimum atomic E-state index is -1.38. The van der Waals surface area contributed by atoms with Crippen LogP contribution in [0.3, 0.4) is 0 Å². The topological polar surface area (TPSA) is 301 Å². The van der Waals surface area contributed by atoms with Gasteiger partial charge in [0.15, 0.2) is 0 Å². The third-order valence-corrected chi connectivity index (χ3v) is 15.1. The Balaban J connectivity index is 2.09. The average Bonchev–Trinajstić information content (AvgIpc) is 4.09. The monoisotopic (exact) mass is 1160 g/mol. The molecule has 2 rings (SSSR count). The van der Waals surface area contributed by atoms with Crippen molar-refractivity contribution >= 4 is 59.2 Å². The molecule has 464 valence electrons. The third-order valence-electron chi connectivity index (χ3n) is 15.1. The van der Waals surface area contributed by atoms with Crippen LogP contribution < -0.4 is 31.9 Å². The van der Waals surface area contributed by atoms with Crippen molar-refractivity contribution in [3.05, 3.63) is 35.9 Å². The molecule has 0 aliphatic carbocycles. The van der Waals surface area contributed by atoms with Gasteiger partial charge in [0.2, 0.25) is 47.3 Å². The van der Waals surface area contributed by atoms with Gasteiger partial charge in [0.1, 0.15) is 24.2 Å². The van der Waals surface area contributed by atoms with E-state index >= 15 is 0 Å². The summed E-state index contributed by atoms with van der Waals surface area (Å²) in [5.74, 6) is -6.57. The fourth-order valence-electron chi connectivity index (χ4n) is 10.2. The quantitative estimate of drug-likeness (QED) is 0.0380. The standard InChI is InChI=1S/C59H99N9O14/c1-17-37(6)50(67(14)55(75)48(35(2)3)65-54(74)49(36(4)5)66(12)13)44(80-15)34-47(71)68-31-21-25-43(68)51(81-16)38(7)52(72)64-42(33-40-23-19-18-20-24-40)53(73)60-29-22-32-82-57(78)39(8)62-45(69)27-26-41(56(76)77)63-46(70)28-30-61-58(79)59(9,10)11/h18-20,23-24,35-39,41-44,48-51H,17,21-22,25-34H2,1-16H3,(H,60,73)(H,61,79)(H,62,69)(H,63,70)(H,64,72)(H,65,74)(H,76,77)/t37-,38+,39?,41?,42-,43-,44+,48?,49-,50-,51+/m0/s1. The van der Waals surface area contributed by atoms with Crippen LogP contribution in [0.5, 0.6) is 0 Å². The van der Waals surface area contributed by atoms with E-state index in [1.165, 1.54) is 21.1 Å². The molecule has 1 saturated heterocycles. The van der Waals surface area contributed by atoms with Crippen LogP contribution in [0.2, 0.25) is 0 Å². The minimum Gasteiger partial charge on any atom is -0.480 e. The lowest BCUT2D eigenvalue weighted by atomic mass is 9.89. The van der Waals surface area contributed by atoms with Crippen molar-refractivity contribution in [3.8, 4) is 0 Å². The zero-order chi connectivity index (χ0) is 62.2. The van der Waals surface area contributed by atoms with Crippen molar-refractivity contribution in [3.63, 3.8) is 0 Å². The number of likely N-dealkylation sites (tertiary alicyclic amines) is 1. The van der Waals surface area contributed by atoms with Gasteiger partial charge in [-0.05, 0) is 70.0 Å². The maximum absolute atomic E-state index is 14.5. The number of nitrogens with one attached hydrogen (secondary N) is 6. The van der Waals surface area contributed by atoms with Crippen molar-refractivity contribution in [2.75, 3.05) is 61.6 Å². The number of likely N-dealkylation sites (N-methyl/N-ethyl adjacent to an activating group) is 2. The Morgan fingerprint density at radius 3 is 1.94 bits per heavy atom. The van der Waals surface area contributed by atoms with Crippen LogP contribution in [0.1, 0.15) is 133 Å². The Labute approximate surface area is 486 Å². The number of nitrogens with zero attached hydrogens (tertiary/aromatic N) is 3. The maximum Gasteiger partial charge on any atom is 0.328 e. The highest BCUT2D eigenvalue weighted by Gasteiger charge is 2.44. The van der Waals surface area contributed by atoms with E-state index in [0.29, 0.717) is 25.8 Å². The molecule has 1 fully saturated rings. The first-order chi connectivity index (χ1) is 38.4. The van der Waals surface area contributed by atoms with E-state index in [-0.39, 0.29) is 99.6 Å². The van der Waals surface area contributed by atoms with E-state index in [4.69, 9.17) is 14.2 Å². The van der Waals surface area contributed by atoms with Crippen LogP contribution in [0, 0.1) is 29.1 Å². The van der Waals surface area contributed by atoms with Gasteiger partial charge in [0, 0.05) is 65.6 Å². The second-order valence-electron chi connectivity index (χ2n) is 23.6. The summed E-state index contributed by atoms with van der Waals surface area (Å²) in [4.78, 5) is 137. The van der Waals surface area contributed by atoms with Gasteiger partial charge in [-0.15, -0.1) is 0 Å². The number of carboxylic acid groups (broad SMARTS) is 1. The Bertz CT molecular complexity index is 2250. The van der Waals surface area contributed by atoms with Crippen molar-refractivity contribution in [1.29, 1.82) is 0 Å². The smallest absolute Gasteiger partial charge is 0.328 e. The largest absolute Gasteiger partial charge is 0.480 e. The predicted octanol–water partition coefficient (Wildman–Crippen LogP) is 2.82. The van der Waals surface area contributed by atoms with Crippen LogP contribution in [0.15, 0.2) is 30.3 Å². The summed E-state index contributed by atoms with van der Waals surface area (Å²) in [5, 5.41) is 25.8. The zero-order valence-corrected chi connectivity index (χ0v) is 51.7. The lowest BCUT2D eigenvalue weighted by molar-refractivity contribution is -0.148. The van der Waals surface area contributed by atoms with Crippen molar-refractivity contribution in [1.82, 2.24) is 46.6 Å². The molecule has 0 aromatic heterocycles. The first-order valence-corrected chi connectivity index (χ1v) is 28.9. The van der Waals surface area contributed by atoms with E-state index in [9.17, 15) is 53.1 Å². The number of carbonyl (C=O) groups excluding carboxylic acids is 9. The summed E-state index contributed by atoms with van der Waals surface area (Å²) in [6.07, 6.45) is -0.107. The molecule has 3 unspecified atom stereocenters. The summed E-state index contributed by atoms with van der Waals surface area (Å²) in [5.41, 5.74) is 0.116. The Kier molecular flexibility index (Phi) is 30.7. The molecule has 0 radical (unpaired) electrons. The first kappa shape index (κ1) is 71.9. The first-order valence-electron chi connectivity index (χ1n) is 28.9. The molecule has 7 N–H and O–H groups in total. The molecule has 0 saturated carbocycles. The molecule has 82 heavy (non-hydrogen) atoms. The molecule has 23 heteroatoms. The van der Waals surface area contributed by atoms with Crippen molar-refractivity contribution < 1.29 is 67.3 Å². The second kappa shape index (κ2) is 35.1. The molecular weight excluding hydrogens is 1060 g/mol. The van der Waals surface area contributed by atoms with Crippen molar-refractivity contribution in [2.24, 2.45) is 29.1 Å². The highest BCUT2D eigenvalue weighted by molar-refractivity contribution is 5.91. The molecule has 23 nitrogen and oxygen atoms in total. The van der Waals surface area contributed by atoms with E-state index in [1.807, 2.05) is 90.9 Å². The molecule has 0 bridgehead atoms. The van der Waals surface area contributed by atoms with Crippen LogP contribution in [-0.4, -0.2) is 195 Å². The SMILES string of the molecule is CC[C@H](C)[C@@H]([C@@H](CC(=O)N1CCC[C@H]1[C@H](OC)[C@@H](C)C(=O)N[C@@H](Cc1ccccc1)C(=O)NCCCOC(=O)C(C)NC(=O)CCC(NC(=O)CCNC(=O)C(C)(C)C)C(=O)O)OC)N(C)C(=O)C(NC(=O)[C@H](C(C)C)N(C)C)C(C)C. The van der Waals surface area contributed by atoms with Gasteiger partial charge in [-0.25, -0.2) is 9.59 Å². The highest BCUT2D eigenvalue weighted by Crippen LogP contribution is 2.30. The Morgan fingerprint density at radius 1 is 0.756 bits per heavy atom. The fraction of sp³-hybridized carbons (Fsp3) is 0.729. The summed E-state index contributed by atoms with van der Waals surface area (Å²) >= 11 is 0. The van der Waals surface area contributed by atoms with Crippen LogP contribution in [0.4, 0.5) is 0 Å². The average molecular weight is 1160 g/mol. The zero-order valence-electron chi connectivity index (χ0n) is 51.7. The number of carbonyl (C=O) groups is 10. The van der Waals surface area contributed by atoms with E-state index in [2.05, 4.69) is 31.9 Å². The van der Waals surface area contributed by atoms with Gasteiger partial charge in [0.05, 0.1) is 49.3 Å². The van der Waals surface area contributed by atoms with E-state index in [1.54, 1.807) is 44.5 Å². The predicted molar refractivity (Wildman–Crippen MR) is 309 cm³/mol. The normalized spacial score (nSPS) is 17.2. The summed E-state index contributed by atoms with van der Waals surface area (Å²) in [7, 11) is 8.36. The number of carboxylic acids is 1. The van der Waals surface area contributed by atoms with Gasteiger partial charge < -0.3 is 61.0 Å². The lowest BCUT2D eigenvalue weighted by Crippen LogP contribution is -2.59. The minimum absolute atomic E-state index is 0.00244. The molecule has 0 spiro atoms.